The standard InChI is InChI=1S/C18H15N5O3/c1-10(24)23-13-8-19-16-15(13)21-9-22-17(16)18(25)20-7-11-2-3-14-12(6-11)4-5-26-14/h2-6,8-9,19H,7H2,1H3,(H,20,25)(H,23,24). The lowest BCUT2D eigenvalue weighted by molar-refractivity contribution is -0.114. The van der Waals surface area contributed by atoms with Crippen molar-refractivity contribution in [1.29, 1.82) is 0 Å². The Morgan fingerprint density at radius 2 is 2.12 bits per heavy atom. The number of H-pyrrole nitrogens is 1. The number of carbonyl (C=O) groups excluding carboxylic acids is 2. The van der Waals surface area contributed by atoms with Gasteiger partial charge in [0.25, 0.3) is 5.91 Å². The Morgan fingerprint density at radius 3 is 2.96 bits per heavy atom. The van der Waals surface area contributed by atoms with Gasteiger partial charge in [-0.3, -0.25) is 9.59 Å². The van der Waals surface area contributed by atoms with Crippen molar-refractivity contribution in [3.05, 3.63) is 54.3 Å². The smallest absolute Gasteiger partial charge is 0.272 e. The van der Waals surface area contributed by atoms with Gasteiger partial charge in [0, 0.05) is 25.1 Å². The molecule has 0 aliphatic carbocycles. The predicted octanol–water partition coefficient (Wildman–Crippen LogP) is 2.59. The SMILES string of the molecule is CC(=O)Nc1c[nH]c2c(C(=O)NCc3ccc4occc4c3)ncnc12. The molecule has 0 bridgehead atoms. The van der Waals surface area contributed by atoms with E-state index in [9.17, 15) is 9.59 Å². The summed E-state index contributed by atoms with van der Waals surface area (Å²) in [5.41, 5.74) is 3.43. The minimum absolute atomic E-state index is 0.217. The number of rotatable bonds is 4. The zero-order valence-electron chi connectivity index (χ0n) is 13.9. The van der Waals surface area contributed by atoms with Crippen molar-refractivity contribution in [2.45, 2.75) is 13.5 Å². The van der Waals surface area contributed by atoms with E-state index in [1.807, 2.05) is 24.3 Å². The lowest BCUT2D eigenvalue weighted by Crippen LogP contribution is -2.24. The summed E-state index contributed by atoms with van der Waals surface area (Å²) in [5, 5.41) is 6.49. The fraction of sp³-hybridized carbons (Fsp3) is 0.111. The summed E-state index contributed by atoms with van der Waals surface area (Å²) in [6.45, 7) is 1.76. The van der Waals surface area contributed by atoms with Crippen LogP contribution in [0.4, 0.5) is 5.69 Å². The van der Waals surface area contributed by atoms with Crippen LogP contribution in [-0.2, 0) is 11.3 Å². The Bertz CT molecular complexity index is 1130. The van der Waals surface area contributed by atoms with Crippen molar-refractivity contribution in [2.75, 3.05) is 5.32 Å². The first-order valence-corrected chi connectivity index (χ1v) is 7.96. The molecule has 2 amide bonds. The van der Waals surface area contributed by atoms with Crippen LogP contribution < -0.4 is 10.6 Å². The molecule has 0 spiro atoms. The number of nitrogens with zero attached hydrogens (tertiary/aromatic N) is 2. The van der Waals surface area contributed by atoms with Crippen molar-refractivity contribution >= 4 is 39.5 Å². The van der Waals surface area contributed by atoms with Gasteiger partial charge in [0.15, 0.2) is 5.69 Å². The third-order valence-electron chi connectivity index (χ3n) is 3.96. The van der Waals surface area contributed by atoms with Crippen LogP contribution in [0.15, 0.2) is 47.5 Å². The Hall–Kier alpha value is -3.68. The van der Waals surface area contributed by atoms with Gasteiger partial charge in [-0.2, -0.15) is 0 Å². The molecule has 0 aliphatic rings. The molecule has 4 rings (SSSR count). The molecular weight excluding hydrogens is 334 g/mol. The number of hydrogen-bond donors (Lipinski definition) is 3. The maximum absolute atomic E-state index is 12.5. The Balaban J connectivity index is 1.55. The number of hydrogen-bond acceptors (Lipinski definition) is 5. The molecule has 8 nitrogen and oxygen atoms in total. The number of fused-ring (bicyclic) bond motifs is 2. The van der Waals surface area contributed by atoms with E-state index in [1.165, 1.54) is 13.3 Å². The molecule has 0 saturated carbocycles. The Morgan fingerprint density at radius 1 is 1.23 bits per heavy atom. The van der Waals surface area contributed by atoms with E-state index >= 15 is 0 Å². The number of carbonyl (C=O) groups is 2. The highest BCUT2D eigenvalue weighted by Crippen LogP contribution is 2.22. The number of anilines is 1. The van der Waals surface area contributed by atoms with Gasteiger partial charge in [0.1, 0.15) is 17.4 Å². The molecule has 4 aromatic rings. The van der Waals surface area contributed by atoms with Crippen LogP contribution in [0.25, 0.3) is 22.0 Å². The third kappa shape index (κ3) is 2.88. The van der Waals surface area contributed by atoms with Crippen LogP contribution in [0, 0.1) is 0 Å². The first-order chi connectivity index (χ1) is 12.6. The van der Waals surface area contributed by atoms with Crippen LogP contribution in [0.5, 0.6) is 0 Å². The number of aromatic nitrogens is 3. The van der Waals surface area contributed by atoms with Crippen LogP contribution in [0.2, 0.25) is 0 Å². The summed E-state index contributed by atoms with van der Waals surface area (Å²) in [6.07, 6.45) is 4.51. The Labute approximate surface area is 147 Å². The van der Waals surface area contributed by atoms with E-state index in [4.69, 9.17) is 4.42 Å². The molecule has 0 unspecified atom stereocenters. The maximum atomic E-state index is 12.5. The second kappa shape index (κ2) is 6.32. The lowest BCUT2D eigenvalue weighted by atomic mass is 10.1. The monoisotopic (exact) mass is 349 g/mol. The second-order valence-corrected chi connectivity index (χ2v) is 5.80. The number of amides is 2. The summed E-state index contributed by atoms with van der Waals surface area (Å²) < 4.78 is 5.31. The minimum atomic E-state index is -0.332. The minimum Gasteiger partial charge on any atom is -0.464 e. The van der Waals surface area contributed by atoms with E-state index < -0.39 is 0 Å². The largest absolute Gasteiger partial charge is 0.464 e. The normalized spacial score (nSPS) is 11.0. The van der Waals surface area contributed by atoms with Gasteiger partial charge >= 0.3 is 0 Å². The van der Waals surface area contributed by atoms with Crippen molar-refractivity contribution in [3.8, 4) is 0 Å². The number of aromatic amines is 1. The van der Waals surface area contributed by atoms with Crippen LogP contribution in [0.1, 0.15) is 23.0 Å². The fourth-order valence-corrected chi connectivity index (χ4v) is 2.79. The highest BCUT2D eigenvalue weighted by atomic mass is 16.3. The molecular formula is C18H15N5O3. The molecule has 26 heavy (non-hydrogen) atoms. The summed E-state index contributed by atoms with van der Waals surface area (Å²) in [6, 6.07) is 7.59. The number of nitrogens with one attached hydrogen (secondary N) is 3. The van der Waals surface area contributed by atoms with Gasteiger partial charge < -0.3 is 20.0 Å². The topological polar surface area (TPSA) is 113 Å². The molecule has 1 aromatic carbocycles. The predicted molar refractivity (Wildman–Crippen MR) is 95.6 cm³/mol. The van der Waals surface area contributed by atoms with Gasteiger partial charge in [-0.1, -0.05) is 6.07 Å². The van der Waals surface area contributed by atoms with Gasteiger partial charge in [-0.05, 0) is 23.8 Å². The van der Waals surface area contributed by atoms with E-state index in [2.05, 4.69) is 25.6 Å². The van der Waals surface area contributed by atoms with Crippen LogP contribution in [0.3, 0.4) is 0 Å². The molecule has 130 valence electrons. The average molecular weight is 349 g/mol. The molecule has 0 radical (unpaired) electrons. The Kier molecular flexibility index (Phi) is 3.85. The van der Waals surface area contributed by atoms with Gasteiger partial charge in [-0.25, -0.2) is 9.97 Å². The van der Waals surface area contributed by atoms with Crippen LogP contribution >= 0.6 is 0 Å². The first kappa shape index (κ1) is 15.8. The van der Waals surface area contributed by atoms with Crippen molar-refractivity contribution < 1.29 is 14.0 Å². The van der Waals surface area contributed by atoms with E-state index in [-0.39, 0.29) is 17.5 Å². The highest BCUT2D eigenvalue weighted by Gasteiger charge is 2.16. The van der Waals surface area contributed by atoms with Crippen molar-refractivity contribution in [1.82, 2.24) is 20.3 Å². The molecule has 3 N–H and O–H groups in total. The summed E-state index contributed by atoms with van der Waals surface area (Å²) in [5.74, 6) is -0.550. The fourth-order valence-electron chi connectivity index (χ4n) is 2.79. The summed E-state index contributed by atoms with van der Waals surface area (Å²) in [7, 11) is 0. The zero-order chi connectivity index (χ0) is 18.1. The van der Waals surface area contributed by atoms with Crippen LogP contribution in [-0.4, -0.2) is 26.8 Å². The maximum Gasteiger partial charge on any atom is 0.272 e. The number of furan rings is 1. The molecule has 0 fully saturated rings. The summed E-state index contributed by atoms with van der Waals surface area (Å²) in [4.78, 5) is 35.0. The average Bonchev–Trinajstić information content (AvgIpc) is 3.25. The highest BCUT2D eigenvalue weighted by molar-refractivity contribution is 6.07. The molecule has 0 saturated heterocycles. The van der Waals surface area contributed by atoms with E-state index in [0.717, 1.165) is 16.5 Å². The molecule has 0 aliphatic heterocycles. The van der Waals surface area contributed by atoms with Gasteiger partial charge in [0.05, 0.1) is 17.5 Å². The molecule has 8 heteroatoms. The quantitative estimate of drug-likeness (QED) is 0.524. The van der Waals surface area contributed by atoms with Gasteiger partial charge in [0.2, 0.25) is 5.91 Å². The van der Waals surface area contributed by atoms with Gasteiger partial charge in [-0.15, -0.1) is 0 Å². The van der Waals surface area contributed by atoms with Crippen molar-refractivity contribution in [2.24, 2.45) is 0 Å². The second-order valence-electron chi connectivity index (χ2n) is 5.80. The first-order valence-electron chi connectivity index (χ1n) is 7.96. The molecule has 3 heterocycles. The lowest BCUT2D eigenvalue weighted by Gasteiger charge is -2.06. The number of benzene rings is 1. The summed E-state index contributed by atoms with van der Waals surface area (Å²) >= 11 is 0. The van der Waals surface area contributed by atoms with E-state index in [1.54, 1.807) is 12.5 Å². The third-order valence-corrected chi connectivity index (χ3v) is 3.96. The molecule has 3 aromatic heterocycles. The molecule has 0 atom stereocenters. The zero-order valence-corrected chi connectivity index (χ0v) is 13.9. The van der Waals surface area contributed by atoms with E-state index in [0.29, 0.717) is 23.3 Å². The van der Waals surface area contributed by atoms with Crippen molar-refractivity contribution in [3.63, 3.8) is 0 Å².